The zero-order valence-electron chi connectivity index (χ0n) is 19.7. The third kappa shape index (κ3) is 5.21. The van der Waals surface area contributed by atoms with E-state index in [0.717, 1.165) is 22.6 Å². The smallest absolute Gasteiger partial charge is 0.265 e. The Balaban J connectivity index is 1.39. The van der Waals surface area contributed by atoms with Crippen molar-refractivity contribution < 1.29 is 19.1 Å². The van der Waals surface area contributed by atoms with E-state index >= 15 is 0 Å². The van der Waals surface area contributed by atoms with Crippen LogP contribution in [0.15, 0.2) is 72.8 Å². The Bertz CT molecular complexity index is 1140. The number of nitrogens with one attached hydrogen (secondary N) is 1. The van der Waals surface area contributed by atoms with Crippen molar-refractivity contribution in [2.45, 2.75) is 12.6 Å². The highest BCUT2D eigenvalue weighted by molar-refractivity contribution is 5.98. The second kappa shape index (κ2) is 10.4. The predicted molar refractivity (Wildman–Crippen MR) is 131 cm³/mol. The number of amides is 2. The van der Waals surface area contributed by atoms with Gasteiger partial charge in [-0.25, -0.2) is 0 Å². The van der Waals surface area contributed by atoms with E-state index in [9.17, 15) is 9.59 Å². The second-order valence-electron chi connectivity index (χ2n) is 8.40. The van der Waals surface area contributed by atoms with Crippen LogP contribution in [0.4, 0.5) is 5.69 Å². The number of carbonyl (C=O) groups is 2. The molecule has 1 N–H and O–H groups in total. The first-order valence-electron chi connectivity index (χ1n) is 11.2. The molecule has 0 aliphatic carbocycles. The molecule has 176 valence electrons. The van der Waals surface area contributed by atoms with E-state index in [1.54, 1.807) is 24.1 Å². The number of anilines is 1. The van der Waals surface area contributed by atoms with Crippen LogP contribution in [0, 0.1) is 0 Å². The molecule has 0 aromatic heterocycles. The highest BCUT2D eigenvalue weighted by Crippen LogP contribution is 2.32. The molecule has 0 fully saturated rings. The van der Waals surface area contributed by atoms with Gasteiger partial charge in [0, 0.05) is 12.1 Å². The molecule has 1 aliphatic heterocycles. The molecule has 0 radical (unpaired) electrons. The average Bonchev–Trinajstić information content (AvgIpc) is 2.86. The Hall–Kier alpha value is -3.84. The van der Waals surface area contributed by atoms with Crippen LogP contribution < -0.4 is 19.7 Å². The quantitative estimate of drug-likeness (QED) is 0.557. The summed E-state index contributed by atoms with van der Waals surface area (Å²) in [5.74, 6) is 1.27. The van der Waals surface area contributed by atoms with Crippen LogP contribution in [-0.2, 0) is 11.3 Å². The van der Waals surface area contributed by atoms with Gasteiger partial charge >= 0.3 is 0 Å². The molecule has 7 heteroatoms. The molecule has 0 saturated carbocycles. The fourth-order valence-corrected chi connectivity index (χ4v) is 3.99. The summed E-state index contributed by atoms with van der Waals surface area (Å²) in [5.41, 5.74) is 3.36. The highest BCUT2D eigenvalue weighted by Gasteiger charge is 2.25. The van der Waals surface area contributed by atoms with E-state index in [-0.39, 0.29) is 24.5 Å². The molecule has 7 nitrogen and oxygen atoms in total. The molecule has 0 bridgehead atoms. The topological polar surface area (TPSA) is 71.1 Å². The minimum absolute atomic E-state index is 0.0265. The van der Waals surface area contributed by atoms with Crippen molar-refractivity contribution in [2.24, 2.45) is 0 Å². The largest absolute Gasteiger partial charge is 0.497 e. The number of methoxy groups -OCH3 is 1. The van der Waals surface area contributed by atoms with Crippen molar-refractivity contribution in [3.63, 3.8) is 0 Å². The molecule has 1 unspecified atom stereocenters. The van der Waals surface area contributed by atoms with Crippen LogP contribution in [0.25, 0.3) is 0 Å². The number of para-hydroxylation sites is 2. The SMILES string of the molecule is COc1ccc(C(CNC(=O)c2ccc(CN3C(=O)COc4ccccc43)cc2)N(C)C)cc1. The summed E-state index contributed by atoms with van der Waals surface area (Å²) >= 11 is 0. The maximum absolute atomic E-state index is 12.8. The van der Waals surface area contributed by atoms with Crippen molar-refractivity contribution in [3.8, 4) is 11.5 Å². The first-order chi connectivity index (χ1) is 16.5. The summed E-state index contributed by atoms with van der Waals surface area (Å²) in [4.78, 5) is 29.0. The van der Waals surface area contributed by atoms with Crippen molar-refractivity contribution in [3.05, 3.63) is 89.5 Å². The Morgan fingerprint density at radius 2 is 1.76 bits per heavy atom. The fourth-order valence-electron chi connectivity index (χ4n) is 3.99. The van der Waals surface area contributed by atoms with E-state index < -0.39 is 0 Å². The lowest BCUT2D eigenvalue weighted by Gasteiger charge is -2.29. The number of fused-ring (bicyclic) bond motifs is 1. The van der Waals surface area contributed by atoms with Crippen LogP contribution in [-0.4, -0.2) is 51.1 Å². The Morgan fingerprint density at radius 3 is 2.44 bits per heavy atom. The molecule has 4 rings (SSSR count). The van der Waals surface area contributed by atoms with Gasteiger partial charge in [-0.15, -0.1) is 0 Å². The summed E-state index contributed by atoms with van der Waals surface area (Å²) < 4.78 is 10.7. The molecule has 34 heavy (non-hydrogen) atoms. The minimum atomic E-state index is -0.139. The lowest BCUT2D eigenvalue weighted by Crippen LogP contribution is -2.38. The Morgan fingerprint density at radius 1 is 1.06 bits per heavy atom. The Labute approximate surface area is 199 Å². The van der Waals surface area contributed by atoms with Crippen molar-refractivity contribution >= 4 is 17.5 Å². The lowest BCUT2D eigenvalue weighted by molar-refractivity contribution is -0.121. The van der Waals surface area contributed by atoms with Crippen LogP contribution in [0.3, 0.4) is 0 Å². The van der Waals surface area contributed by atoms with Crippen LogP contribution >= 0.6 is 0 Å². The number of hydrogen-bond donors (Lipinski definition) is 1. The molecule has 1 heterocycles. The Kier molecular flexibility index (Phi) is 7.13. The van der Waals surface area contributed by atoms with Gasteiger partial charge < -0.3 is 24.6 Å². The second-order valence-corrected chi connectivity index (χ2v) is 8.40. The number of carbonyl (C=O) groups excluding carboxylic acids is 2. The molecular formula is C27H29N3O4. The molecule has 1 aliphatic rings. The van der Waals surface area contributed by atoms with Gasteiger partial charge in [0.1, 0.15) is 11.5 Å². The van der Waals surface area contributed by atoms with Crippen molar-refractivity contribution in [1.82, 2.24) is 10.2 Å². The minimum Gasteiger partial charge on any atom is -0.497 e. The summed E-state index contributed by atoms with van der Waals surface area (Å²) in [7, 11) is 5.61. The maximum Gasteiger partial charge on any atom is 0.265 e. The zero-order chi connectivity index (χ0) is 24.1. The van der Waals surface area contributed by atoms with Crippen LogP contribution in [0.2, 0.25) is 0 Å². The summed E-state index contributed by atoms with van der Waals surface area (Å²) in [6.45, 7) is 0.916. The number of nitrogens with zero attached hydrogens (tertiary/aromatic N) is 2. The normalized spacial score (nSPS) is 13.8. The first kappa shape index (κ1) is 23.3. The monoisotopic (exact) mass is 459 g/mol. The van der Waals surface area contributed by atoms with E-state index in [4.69, 9.17) is 9.47 Å². The van der Waals surface area contributed by atoms with Gasteiger partial charge in [-0.05, 0) is 61.6 Å². The predicted octanol–water partition coefficient (Wildman–Crippen LogP) is 3.65. The molecule has 1 atom stereocenters. The number of likely N-dealkylation sites (N-methyl/N-ethyl adjacent to an activating group) is 1. The van der Waals surface area contributed by atoms with E-state index in [1.165, 1.54) is 0 Å². The van der Waals surface area contributed by atoms with E-state index in [0.29, 0.717) is 24.4 Å². The molecule has 3 aromatic rings. The van der Waals surface area contributed by atoms with E-state index in [2.05, 4.69) is 10.2 Å². The zero-order valence-corrected chi connectivity index (χ0v) is 19.7. The summed E-state index contributed by atoms with van der Waals surface area (Å²) in [5, 5.41) is 3.04. The van der Waals surface area contributed by atoms with Gasteiger partial charge in [-0.3, -0.25) is 9.59 Å². The number of benzene rings is 3. The van der Waals surface area contributed by atoms with Gasteiger partial charge in [-0.1, -0.05) is 36.4 Å². The first-order valence-corrected chi connectivity index (χ1v) is 11.2. The van der Waals surface area contributed by atoms with Gasteiger partial charge in [0.05, 0.1) is 25.4 Å². The van der Waals surface area contributed by atoms with Gasteiger partial charge in [-0.2, -0.15) is 0 Å². The molecule has 0 spiro atoms. The third-order valence-corrected chi connectivity index (χ3v) is 5.94. The summed E-state index contributed by atoms with van der Waals surface area (Å²) in [6.07, 6.45) is 0. The van der Waals surface area contributed by atoms with Crippen LogP contribution in [0.1, 0.15) is 27.5 Å². The standard InChI is InChI=1S/C27H29N3O4/c1-29(2)24(20-12-14-22(33-3)15-13-20)16-28-27(32)21-10-8-19(9-11-21)17-30-23-6-4-5-7-25(23)34-18-26(30)31/h4-15,24H,16-18H2,1-3H3,(H,28,32). The highest BCUT2D eigenvalue weighted by atomic mass is 16.5. The van der Waals surface area contributed by atoms with Crippen molar-refractivity contribution in [2.75, 3.05) is 39.3 Å². The summed E-state index contributed by atoms with van der Waals surface area (Å²) in [6, 6.07) is 22.7. The lowest BCUT2D eigenvalue weighted by atomic mass is 10.1. The van der Waals surface area contributed by atoms with Gasteiger partial charge in [0.15, 0.2) is 6.61 Å². The maximum atomic E-state index is 12.8. The number of rotatable bonds is 8. The molecule has 2 amide bonds. The molecule has 0 saturated heterocycles. The van der Waals surface area contributed by atoms with Crippen LogP contribution in [0.5, 0.6) is 11.5 Å². The fraction of sp³-hybridized carbons (Fsp3) is 0.259. The number of hydrogen-bond acceptors (Lipinski definition) is 5. The molecule has 3 aromatic carbocycles. The van der Waals surface area contributed by atoms with Gasteiger partial charge in [0.25, 0.3) is 11.8 Å². The average molecular weight is 460 g/mol. The number of ether oxygens (including phenoxy) is 2. The van der Waals surface area contributed by atoms with Crippen molar-refractivity contribution in [1.29, 1.82) is 0 Å². The van der Waals surface area contributed by atoms with Gasteiger partial charge in [0.2, 0.25) is 0 Å². The molecular weight excluding hydrogens is 430 g/mol. The van der Waals surface area contributed by atoms with E-state index in [1.807, 2.05) is 74.8 Å². The third-order valence-electron chi connectivity index (χ3n) is 5.94.